The van der Waals surface area contributed by atoms with Crippen LogP contribution in [0.3, 0.4) is 0 Å². The summed E-state index contributed by atoms with van der Waals surface area (Å²) in [6.45, 7) is 8.44. The van der Waals surface area contributed by atoms with Gasteiger partial charge in [0, 0.05) is 18.2 Å². The maximum absolute atomic E-state index is 13.4. The van der Waals surface area contributed by atoms with Crippen molar-refractivity contribution in [2.24, 2.45) is 16.7 Å². The van der Waals surface area contributed by atoms with Gasteiger partial charge in [0.05, 0.1) is 18.4 Å². The number of nitrogens with zero attached hydrogens (tertiary/aromatic N) is 3. The minimum absolute atomic E-state index is 0.0459. The van der Waals surface area contributed by atoms with Crippen molar-refractivity contribution in [2.75, 3.05) is 12.4 Å². The molecule has 0 unspecified atom stereocenters. The molecule has 3 fully saturated rings. The average molecular weight is 473 g/mol. The second kappa shape index (κ2) is 8.69. The van der Waals surface area contributed by atoms with Crippen LogP contribution in [0, 0.1) is 22.6 Å². The summed E-state index contributed by atoms with van der Waals surface area (Å²) >= 11 is 1.41. The Balaban J connectivity index is 1.29. The Morgan fingerprint density at radius 1 is 1.24 bits per heavy atom. The van der Waals surface area contributed by atoms with Gasteiger partial charge in [0.1, 0.15) is 5.82 Å². The van der Waals surface area contributed by atoms with Gasteiger partial charge in [-0.1, -0.05) is 32.5 Å². The molecule has 2 aliphatic carbocycles. The van der Waals surface area contributed by atoms with Crippen molar-refractivity contribution in [3.63, 3.8) is 0 Å². The normalized spacial score (nSPS) is 30.1. The van der Waals surface area contributed by atoms with Gasteiger partial charge < -0.3 is 10.1 Å². The number of rotatable bonds is 7. The number of amides is 1. The van der Waals surface area contributed by atoms with Crippen molar-refractivity contribution in [2.45, 2.75) is 76.7 Å². The van der Waals surface area contributed by atoms with Gasteiger partial charge >= 0.3 is 0 Å². The summed E-state index contributed by atoms with van der Waals surface area (Å²) in [6, 6.07) is 6.52. The third-order valence-electron chi connectivity index (χ3n) is 8.69. The number of thioether (sulfide) groups is 1. The fraction of sp³-hybridized carbons (Fsp3) is 0.640. The van der Waals surface area contributed by atoms with Crippen LogP contribution >= 0.6 is 11.8 Å². The van der Waals surface area contributed by atoms with E-state index in [2.05, 4.69) is 36.3 Å². The SMILES string of the molecule is CC1(C)[C@H]2CC[C@@]1(C)[C@@H](NC(=O)CSc1nnc(-c3ccc(F)cc3)n1C[C@H]1CCCO1)C2. The maximum atomic E-state index is 13.4. The first-order valence-corrected chi connectivity index (χ1v) is 13.0. The third kappa shape index (κ3) is 4.09. The summed E-state index contributed by atoms with van der Waals surface area (Å²) in [5.74, 6) is 1.42. The van der Waals surface area contributed by atoms with E-state index in [1.54, 1.807) is 12.1 Å². The van der Waals surface area contributed by atoms with E-state index in [0.29, 0.717) is 29.2 Å². The number of benzene rings is 1. The minimum atomic E-state index is -0.285. The number of nitrogens with one attached hydrogen (secondary N) is 1. The molecule has 2 saturated carbocycles. The van der Waals surface area contributed by atoms with Crippen LogP contribution in [0.1, 0.15) is 52.9 Å². The average Bonchev–Trinajstić information content (AvgIpc) is 3.52. The largest absolute Gasteiger partial charge is 0.376 e. The number of aromatic nitrogens is 3. The molecule has 6 nitrogen and oxygen atoms in total. The van der Waals surface area contributed by atoms with Crippen molar-refractivity contribution >= 4 is 17.7 Å². The Kier molecular flexibility index (Phi) is 6.02. The molecule has 0 radical (unpaired) electrons. The van der Waals surface area contributed by atoms with E-state index in [1.165, 1.54) is 36.7 Å². The standard InChI is InChI=1S/C25H33FN4O2S/c1-24(2)17-10-11-25(24,3)20(13-17)27-21(31)15-33-23-29-28-22(16-6-8-18(26)9-7-16)30(23)14-19-5-4-12-32-19/h6-9,17,19-20H,4-5,10-15H2,1-3H3,(H,27,31)/t17-,19+,20-,25-/m0/s1. The van der Waals surface area contributed by atoms with Crippen LogP contribution in [-0.2, 0) is 16.1 Å². The molecule has 1 saturated heterocycles. The molecule has 2 heterocycles. The fourth-order valence-corrected chi connectivity index (χ4v) is 6.91. The van der Waals surface area contributed by atoms with Crippen molar-refractivity contribution in [1.29, 1.82) is 0 Å². The minimum Gasteiger partial charge on any atom is -0.376 e. The summed E-state index contributed by atoms with van der Waals surface area (Å²) in [5.41, 5.74) is 1.23. The van der Waals surface area contributed by atoms with Gasteiger partial charge in [-0.25, -0.2) is 4.39 Å². The van der Waals surface area contributed by atoms with Crippen LogP contribution < -0.4 is 5.32 Å². The fourth-order valence-electron chi connectivity index (χ4n) is 6.15. The number of hydrogen-bond donors (Lipinski definition) is 1. The van der Waals surface area contributed by atoms with Crippen LogP contribution in [0.4, 0.5) is 4.39 Å². The smallest absolute Gasteiger partial charge is 0.230 e. The molecule has 3 aliphatic rings. The molecule has 1 amide bonds. The topological polar surface area (TPSA) is 69.0 Å². The van der Waals surface area contributed by atoms with Crippen LogP contribution in [0.25, 0.3) is 11.4 Å². The molecule has 2 aromatic rings. The number of fused-ring (bicyclic) bond motifs is 2. The van der Waals surface area contributed by atoms with Crippen molar-refractivity contribution in [3.8, 4) is 11.4 Å². The molecular formula is C25H33FN4O2S. The number of carbonyl (C=O) groups excluding carboxylic acids is 1. The molecule has 2 bridgehead atoms. The van der Waals surface area contributed by atoms with Crippen LogP contribution in [0.2, 0.25) is 0 Å². The highest BCUT2D eigenvalue weighted by atomic mass is 32.2. The van der Waals surface area contributed by atoms with Gasteiger partial charge in [0.2, 0.25) is 5.91 Å². The Morgan fingerprint density at radius 2 is 2.03 bits per heavy atom. The first-order valence-electron chi connectivity index (χ1n) is 12.0. The Labute approximate surface area is 199 Å². The first-order chi connectivity index (χ1) is 15.8. The van der Waals surface area contributed by atoms with Crippen molar-refractivity contribution < 1.29 is 13.9 Å². The zero-order chi connectivity index (χ0) is 23.2. The molecular weight excluding hydrogens is 439 g/mol. The first kappa shape index (κ1) is 22.8. The van der Waals surface area contributed by atoms with Gasteiger partial charge in [-0.3, -0.25) is 9.36 Å². The Bertz CT molecular complexity index is 1020. The van der Waals surface area contributed by atoms with Gasteiger partial charge in [-0.2, -0.15) is 0 Å². The van der Waals surface area contributed by atoms with Gasteiger partial charge in [0.25, 0.3) is 0 Å². The molecule has 1 aromatic carbocycles. The molecule has 0 spiro atoms. The van der Waals surface area contributed by atoms with Gasteiger partial charge in [0.15, 0.2) is 11.0 Å². The zero-order valence-corrected chi connectivity index (χ0v) is 20.5. The highest BCUT2D eigenvalue weighted by molar-refractivity contribution is 7.99. The zero-order valence-electron chi connectivity index (χ0n) is 19.6. The quantitative estimate of drug-likeness (QED) is 0.593. The number of ether oxygens (including phenoxy) is 1. The summed E-state index contributed by atoms with van der Waals surface area (Å²) in [7, 11) is 0. The highest BCUT2D eigenvalue weighted by Gasteiger charge is 2.61. The Morgan fingerprint density at radius 3 is 2.67 bits per heavy atom. The summed E-state index contributed by atoms with van der Waals surface area (Å²) in [4.78, 5) is 12.9. The summed E-state index contributed by atoms with van der Waals surface area (Å²) < 4.78 is 21.3. The van der Waals surface area contributed by atoms with Crippen molar-refractivity contribution in [3.05, 3.63) is 30.1 Å². The predicted molar refractivity (Wildman–Crippen MR) is 126 cm³/mol. The predicted octanol–water partition coefficient (Wildman–Crippen LogP) is 4.69. The van der Waals surface area contributed by atoms with E-state index in [9.17, 15) is 9.18 Å². The van der Waals surface area contributed by atoms with Gasteiger partial charge in [-0.05, 0) is 73.1 Å². The lowest BCUT2D eigenvalue weighted by molar-refractivity contribution is -0.120. The molecule has 5 rings (SSSR count). The monoisotopic (exact) mass is 472 g/mol. The molecule has 178 valence electrons. The lowest BCUT2D eigenvalue weighted by Crippen LogP contribution is -2.47. The molecule has 1 aliphatic heterocycles. The molecule has 4 atom stereocenters. The number of halogens is 1. The van der Waals surface area contributed by atoms with Crippen molar-refractivity contribution in [1.82, 2.24) is 20.1 Å². The summed E-state index contributed by atoms with van der Waals surface area (Å²) in [5, 5.41) is 12.8. The van der Waals surface area contributed by atoms with Crippen LogP contribution in [0.5, 0.6) is 0 Å². The summed E-state index contributed by atoms with van der Waals surface area (Å²) in [6.07, 6.45) is 5.65. The molecule has 1 N–H and O–H groups in total. The van der Waals surface area contributed by atoms with Crippen LogP contribution in [0.15, 0.2) is 29.4 Å². The number of carbonyl (C=O) groups is 1. The molecule has 1 aromatic heterocycles. The van der Waals surface area contributed by atoms with E-state index in [4.69, 9.17) is 4.74 Å². The highest BCUT2D eigenvalue weighted by Crippen LogP contribution is 2.65. The second-order valence-electron chi connectivity index (χ2n) is 10.6. The van der Waals surface area contributed by atoms with Crippen LogP contribution in [-0.4, -0.2) is 45.2 Å². The van der Waals surface area contributed by atoms with E-state index < -0.39 is 0 Å². The van der Waals surface area contributed by atoms with Gasteiger partial charge in [-0.15, -0.1) is 10.2 Å². The lowest BCUT2D eigenvalue weighted by Gasteiger charge is -2.39. The molecule has 33 heavy (non-hydrogen) atoms. The van der Waals surface area contributed by atoms with E-state index >= 15 is 0 Å². The Hall–Kier alpha value is -1.93. The number of hydrogen-bond acceptors (Lipinski definition) is 5. The van der Waals surface area contributed by atoms with E-state index in [1.807, 2.05) is 4.57 Å². The lowest BCUT2D eigenvalue weighted by atomic mass is 9.69. The third-order valence-corrected chi connectivity index (χ3v) is 9.66. The molecule has 8 heteroatoms. The van der Waals surface area contributed by atoms with E-state index in [0.717, 1.165) is 31.4 Å². The maximum Gasteiger partial charge on any atom is 0.230 e. The second-order valence-corrected chi connectivity index (χ2v) is 11.5. The van der Waals surface area contributed by atoms with E-state index in [-0.39, 0.29) is 34.7 Å².